The maximum absolute atomic E-state index is 6.02. The smallest absolute Gasteiger partial charge is 0.0406 e. The Labute approximate surface area is 122 Å². The van der Waals surface area contributed by atoms with Crippen LogP contribution in [0.15, 0.2) is 24.3 Å². The van der Waals surface area contributed by atoms with Crippen LogP contribution in [0.25, 0.3) is 0 Å². The highest BCUT2D eigenvalue weighted by Gasteiger charge is 2.29. The molecule has 1 aromatic rings. The van der Waals surface area contributed by atoms with Crippen molar-refractivity contribution in [3.05, 3.63) is 34.9 Å². The summed E-state index contributed by atoms with van der Waals surface area (Å²) in [5.41, 5.74) is 1.41. The fourth-order valence-corrected chi connectivity index (χ4v) is 3.42. The Morgan fingerprint density at radius 1 is 1.26 bits per heavy atom. The van der Waals surface area contributed by atoms with Crippen molar-refractivity contribution < 1.29 is 0 Å². The number of benzene rings is 1. The van der Waals surface area contributed by atoms with Crippen molar-refractivity contribution in [2.75, 3.05) is 26.7 Å². The molecule has 19 heavy (non-hydrogen) atoms. The lowest BCUT2D eigenvalue weighted by Gasteiger charge is -2.35. The molecule has 0 aliphatic carbocycles. The number of halogens is 1. The minimum atomic E-state index is 0.525. The molecule has 0 saturated carbocycles. The Balaban J connectivity index is 2.28. The van der Waals surface area contributed by atoms with E-state index < -0.39 is 0 Å². The molecule has 1 aliphatic heterocycles. The van der Waals surface area contributed by atoms with Crippen molar-refractivity contribution in [1.82, 2.24) is 10.2 Å². The third-order valence-corrected chi connectivity index (χ3v) is 4.45. The van der Waals surface area contributed by atoms with E-state index >= 15 is 0 Å². The molecule has 3 heteroatoms. The summed E-state index contributed by atoms with van der Waals surface area (Å²) >= 11 is 6.02. The predicted molar refractivity (Wildman–Crippen MR) is 82.7 cm³/mol. The third-order valence-electron chi connectivity index (χ3n) is 4.19. The number of hydrogen-bond acceptors (Lipinski definition) is 2. The van der Waals surface area contributed by atoms with Gasteiger partial charge in [-0.2, -0.15) is 0 Å². The van der Waals surface area contributed by atoms with Crippen molar-refractivity contribution in [2.24, 2.45) is 5.92 Å². The van der Waals surface area contributed by atoms with Gasteiger partial charge in [0.15, 0.2) is 0 Å². The predicted octanol–water partition coefficient (Wildman–Crippen LogP) is 3.72. The van der Waals surface area contributed by atoms with Crippen LogP contribution in [0, 0.1) is 5.92 Å². The number of likely N-dealkylation sites (tertiary alicyclic amines) is 1. The van der Waals surface area contributed by atoms with E-state index in [9.17, 15) is 0 Å². The molecule has 2 rings (SSSR count). The summed E-state index contributed by atoms with van der Waals surface area (Å²) in [5.74, 6) is 0.689. The van der Waals surface area contributed by atoms with E-state index in [1.807, 2.05) is 12.1 Å². The molecule has 1 saturated heterocycles. The third kappa shape index (κ3) is 3.71. The molecule has 2 atom stereocenters. The molecule has 1 aromatic carbocycles. The van der Waals surface area contributed by atoms with Gasteiger partial charge in [-0.15, -0.1) is 0 Å². The SMILES string of the molecule is CCN1CCCCC(CNC)C1c1ccc(Cl)cc1. The Morgan fingerprint density at radius 3 is 2.63 bits per heavy atom. The molecule has 2 nitrogen and oxygen atoms in total. The van der Waals surface area contributed by atoms with Gasteiger partial charge in [0.2, 0.25) is 0 Å². The quantitative estimate of drug-likeness (QED) is 0.904. The average Bonchev–Trinajstić information content (AvgIpc) is 2.62. The molecule has 106 valence electrons. The highest BCUT2D eigenvalue weighted by atomic mass is 35.5. The summed E-state index contributed by atoms with van der Waals surface area (Å²) in [7, 11) is 2.06. The minimum Gasteiger partial charge on any atom is -0.319 e. The first-order valence-electron chi connectivity index (χ1n) is 7.40. The summed E-state index contributed by atoms with van der Waals surface area (Å²) in [6, 6.07) is 8.96. The molecule has 1 heterocycles. The van der Waals surface area contributed by atoms with Crippen LogP contribution < -0.4 is 5.32 Å². The monoisotopic (exact) mass is 280 g/mol. The first-order chi connectivity index (χ1) is 9.26. The highest BCUT2D eigenvalue weighted by Crippen LogP contribution is 2.35. The molecular formula is C16H25ClN2. The van der Waals surface area contributed by atoms with Gasteiger partial charge in [0, 0.05) is 11.1 Å². The van der Waals surface area contributed by atoms with Crippen LogP contribution in [0.4, 0.5) is 0 Å². The van der Waals surface area contributed by atoms with E-state index in [4.69, 9.17) is 11.6 Å². The Morgan fingerprint density at radius 2 is 2.00 bits per heavy atom. The fraction of sp³-hybridized carbons (Fsp3) is 0.625. The van der Waals surface area contributed by atoms with Crippen molar-refractivity contribution in [1.29, 1.82) is 0 Å². The van der Waals surface area contributed by atoms with Gasteiger partial charge in [-0.3, -0.25) is 4.90 Å². The molecular weight excluding hydrogens is 256 g/mol. The van der Waals surface area contributed by atoms with E-state index in [1.54, 1.807) is 0 Å². The maximum atomic E-state index is 6.02. The zero-order valence-corrected chi connectivity index (χ0v) is 12.8. The van der Waals surface area contributed by atoms with E-state index in [0.717, 1.165) is 18.1 Å². The zero-order chi connectivity index (χ0) is 13.7. The van der Waals surface area contributed by atoms with E-state index in [-0.39, 0.29) is 0 Å². The number of nitrogens with zero attached hydrogens (tertiary/aromatic N) is 1. The van der Waals surface area contributed by atoms with Crippen LogP contribution in [-0.4, -0.2) is 31.6 Å². The molecule has 0 amide bonds. The number of rotatable bonds is 4. The van der Waals surface area contributed by atoms with Gasteiger partial charge in [0.05, 0.1) is 0 Å². The van der Waals surface area contributed by atoms with Crippen molar-refractivity contribution in [3.8, 4) is 0 Å². The van der Waals surface area contributed by atoms with Crippen molar-refractivity contribution in [3.63, 3.8) is 0 Å². The van der Waals surface area contributed by atoms with Gasteiger partial charge in [0.25, 0.3) is 0 Å². The second kappa shape index (κ2) is 7.28. The molecule has 0 radical (unpaired) electrons. The number of nitrogens with one attached hydrogen (secondary N) is 1. The fourth-order valence-electron chi connectivity index (χ4n) is 3.29. The first kappa shape index (κ1) is 14.8. The molecule has 0 spiro atoms. The molecule has 2 unspecified atom stereocenters. The number of hydrogen-bond donors (Lipinski definition) is 1. The van der Waals surface area contributed by atoms with Gasteiger partial charge >= 0.3 is 0 Å². The Hall–Kier alpha value is -0.570. The Bertz CT molecular complexity index is 377. The topological polar surface area (TPSA) is 15.3 Å². The zero-order valence-electron chi connectivity index (χ0n) is 12.0. The van der Waals surface area contributed by atoms with Crippen LogP contribution in [0.1, 0.15) is 37.8 Å². The maximum Gasteiger partial charge on any atom is 0.0406 e. The summed E-state index contributed by atoms with van der Waals surface area (Å²) in [6.45, 7) is 5.69. The second-order valence-corrected chi connectivity index (χ2v) is 5.87. The summed E-state index contributed by atoms with van der Waals surface area (Å²) in [6.07, 6.45) is 3.97. The van der Waals surface area contributed by atoms with Gasteiger partial charge in [-0.25, -0.2) is 0 Å². The summed E-state index contributed by atoms with van der Waals surface area (Å²) in [4.78, 5) is 2.62. The van der Waals surface area contributed by atoms with Gasteiger partial charge in [-0.05, 0) is 63.1 Å². The van der Waals surface area contributed by atoms with Crippen molar-refractivity contribution >= 4 is 11.6 Å². The van der Waals surface area contributed by atoms with Gasteiger partial charge in [-0.1, -0.05) is 37.1 Å². The van der Waals surface area contributed by atoms with Crippen LogP contribution in [0.5, 0.6) is 0 Å². The van der Waals surface area contributed by atoms with Crippen LogP contribution >= 0.6 is 11.6 Å². The molecule has 1 fully saturated rings. The van der Waals surface area contributed by atoms with Gasteiger partial charge in [0.1, 0.15) is 0 Å². The Kier molecular flexibility index (Phi) is 5.68. The highest BCUT2D eigenvalue weighted by molar-refractivity contribution is 6.30. The van der Waals surface area contributed by atoms with Gasteiger partial charge < -0.3 is 5.32 Å². The molecule has 1 aliphatic rings. The minimum absolute atomic E-state index is 0.525. The molecule has 1 N–H and O–H groups in total. The lowest BCUT2D eigenvalue weighted by atomic mass is 9.89. The van der Waals surface area contributed by atoms with E-state index in [2.05, 4.69) is 36.3 Å². The normalized spacial score (nSPS) is 25.2. The van der Waals surface area contributed by atoms with Crippen LogP contribution in [0.3, 0.4) is 0 Å². The second-order valence-electron chi connectivity index (χ2n) is 5.44. The van der Waals surface area contributed by atoms with Crippen LogP contribution in [0.2, 0.25) is 5.02 Å². The lowest BCUT2D eigenvalue weighted by molar-refractivity contribution is 0.162. The van der Waals surface area contributed by atoms with Crippen molar-refractivity contribution in [2.45, 2.75) is 32.2 Å². The molecule has 0 bridgehead atoms. The van der Waals surface area contributed by atoms with E-state index in [0.29, 0.717) is 12.0 Å². The average molecular weight is 281 g/mol. The largest absolute Gasteiger partial charge is 0.319 e. The van der Waals surface area contributed by atoms with E-state index in [1.165, 1.54) is 31.4 Å². The van der Waals surface area contributed by atoms with Crippen LogP contribution in [-0.2, 0) is 0 Å². The summed E-state index contributed by atoms with van der Waals surface area (Å²) in [5, 5.41) is 4.19. The lowest BCUT2D eigenvalue weighted by Crippen LogP contribution is -2.36. The first-order valence-corrected chi connectivity index (χ1v) is 7.78. The molecule has 0 aromatic heterocycles. The summed E-state index contributed by atoms with van der Waals surface area (Å²) < 4.78 is 0. The standard InChI is InChI=1S/C16H25ClN2/c1-3-19-11-5-4-6-14(12-18-2)16(19)13-7-9-15(17)10-8-13/h7-10,14,16,18H,3-6,11-12H2,1-2H3.